The number of benzene rings is 2. The molecule has 2 aromatic carbocycles. The van der Waals surface area contributed by atoms with E-state index in [-0.39, 0.29) is 36.2 Å². The number of anilines is 1. The highest BCUT2D eigenvalue weighted by Crippen LogP contribution is 2.34. The summed E-state index contributed by atoms with van der Waals surface area (Å²) in [5.74, 6) is -0.165. The van der Waals surface area contributed by atoms with Gasteiger partial charge in [-0.1, -0.05) is 72.0 Å². The molecule has 0 aliphatic rings. The number of rotatable bonds is 6. The molecule has 0 saturated carbocycles. The van der Waals surface area contributed by atoms with Gasteiger partial charge in [-0.15, -0.1) is 22.6 Å². The summed E-state index contributed by atoms with van der Waals surface area (Å²) >= 11 is 1.39. The van der Waals surface area contributed by atoms with Crippen molar-refractivity contribution in [1.82, 2.24) is 10.2 Å². The van der Waals surface area contributed by atoms with Gasteiger partial charge in [0.15, 0.2) is 0 Å². The Balaban J connectivity index is 0.00000261. The molecule has 0 bridgehead atoms. The second-order valence-corrected chi connectivity index (χ2v) is 7.65. The summed E-state index contributed by atoms with van der Waals surface area (Å²) in [5.41, 5.74) is 7.92. The molecule has 1 atom stereocenters. The highest BCUT2D eigenvalue weighted by Gasteiger charge is 2.27. The molecule has 142 valence electrons. The summed E-state index contributed by atoms with van der Waals surface area (Å²) in [6, 6.07) is 19.4. The Morgan fingerprint density at radius 3 is 2.30 bits per heavy atom. The quantitative estimate of drug-likeness (QED) is 0.643. The summed E-state index contributed by atoms with van der Waals surface area (Å²) < 4.78 is 0. The lowest BCUT2D eigenvalue weighted by Gasteiger charge is -2.21. The van der Waals surface area contributed by atoms with Gasteiger partial charge in [0.1, 0.15) is 5.01 Å². The first kappa shape index (κ1) is 21.0. The molecule has 0 aliphatic carbocycles. The predicted molar refractivity (Wildman–Crippen MR) is 112 cm³/mol. The minimum atomic E-state index is -0.343. The molecule has 1 aromatic heterocycles. The van der Waals surface area contributed by atoms with E-state index in [1.807, 2.05) is 48.5 Å². The Morgan fingerprint density at radius 1 is 1.07 bits per heavy atom. The van der Waals surface area contributed by atoms with Crippen LogP contribution in [0.5, 0.6) is 0 Å². The Labute approximate surface area is 169 Å². The van der Waals surface area contributed by atoms with Gasteiger partial charge in [0.05, 0.1) is 0 Å². The zero-order valence-electron chi connectivity index (χ0n) is 15.3. The van der Waals surface area contributed by atoms with Crippen LogP contribution in [0.2, 0.25) is 0 Å². The maximum absolute atomic E-state index is 12.3. The molecule has 3 N–H and O–H groups in total. The summed E-state index contributed by atoms with van der Waals surface area (Å²) in [4.78, 5) is 12.3. The molecule has 7 heteroatoms. The van der Waals surface area contributed by atoms with Crippen molar-refractivity contribution >= 4 is 34.8 Å². The number of nitrogens with two attached hydrogens (primary N) is 1. The average molecular weight is 403 g/mol. The summed E-state index contributed by atoms with van der Waals surface area (Å²) in [6.45, 7) is 4.19. The third-order valence-electron chi connectivity index (χ3n) is 4.33. The fraction of sp³-hybridized carbons (Fsp3) is 0.250. The third kappa shape index (κ3) is 5.13. The number of aromatic nitrogens is 2. The Kier molecular flexibility index (Phi) is 7.07. The number of carbonyl (C=O) groups is 1. The van der Waals surface area contributed by atoms with Crippen molar-refractivity contribution in [3.63, 3.8) is 0 Å². The summed E-state index contributed by atoms with van der Waals surface area (Å²) in [7, 11) is 0. The number of hydrogen-bond acceptors (Lipinski definition) is 5. The normalized spacial score (nSPS) is 12.1. The zero-order chi connectivity index (χ0) is 18.6. The minimum absolute atomic E-state index is 0. The van der Waals surface area contributed by atoms with Gasteiger partial charge in [-0.2, -0.15) is 0 Å². The van der Waals surface area contributed by atoms with Crippen LogP contribution in [0.1, 0.15) is 42.4 Å². The number of nitrogens with one attached hydrogen (secondary N) is 1. The van der Waals surface area contributed by atoms with Crippen molar-refractivity contribution in [2.24, 2.45) is 5.73 Å². The van der Waals surface area contributed by atoms with Gasteiger partial charge in [0.25, 0.3) is 0 Å². The standard InChI is InChI=1S/C20H22N4OS.ClH/c1-20(2,15-11-7-4-8-12-15)18-23-24-19(26-18)22-17(25)13-16(21)14-9-5-3-6-10-14;/h3-12,16H,13,21H2,1-2H3,(H,22,24,25);1H. The largest absolute Gasteiger partial charge is 0.324 e. The van der Waals surface area contributed by atoms with Gasteiger partial charge in [-0.3, -0.25) is 4.79 Å². The lowest BCUT2D eigenvalue weighted by Crippen LogP contribution is -2.20. The Hall–Kier alpha value is -2.28. The predicted octanol–water partition coefficient (Wildman–Crippen LogP) is 4.31. The van der Waals surface area contributed by atoms with E-state index in [4.69, 9.17) is 5.73 Å². The van der Waals surface area contributed by atoms with E-state index in [0.717, 1.165) is 16.1 Å². The van der Waals surface area contributed by atoms with Crippen LogP contribution in [0.4, 0.5) is 5.13 Å². The lowest BCUT2D eigenvalue weighted by molar-refractivity contribution is -0.116. The molecular weight excluding hydrogens is 380 g/mol. The van der Waals surface area contributed by atoms with E-state index >= 15 is 0 Å². The maximum Gasteiger partial charge on any atom is 0.228 e. The van der Waals surface area contributed by atoms with Crippen LogP contribution >= 0.6 is 23.7 Å². The zero-order valence-corrected chi connectivity index (χ0v) is 16.9. The summed E-state index contributed by atoms with van der Waals surface area (Å²) in [6.07, 6.45) is 0.195. The molecule has 0 aliphatic heterocycles. The lowest BCUT2D eigenvalue weighted by atomic mass is 9.85. The van der Waals surface area contributed by atoms with E-state index < -0.39 is 0 Å². The molecular formula is C20H23ClN4OS. The van der Waals surface area contributed by atoms with Gasteiger partial charge < -0.3 is 11.1 Å². The van der Waals surface area contributed by atoms with E-state index in [1.165, 1.54) is 11.3 Å². The van der Waals surface area contributed by atoms with Crippen molar-refractivity contribution in [3.05, 3.63) is 76.8 Å². The van der Waals surface area contributed by atoms with E-state index in [9.17, 15) is 4.79 Å². The second-order valence-electron chi connectivity index (χ2n) is 6.67. The molecule has 0 radical (unpaired) electrons. The number of nitrogens with zero attached hydrogens (tertiary/aromatic N) is 2. The summed E-state index contributed by atoms with van der Waals surface area (Å²) in [5, 5.41) is 12.6. The van der Waals surface area contributed by atoms with E-state index in [1.54, 1.807) is 0 Å². The van der Waals surface area contributed by atoms with Crippen LogP contribution in [-0.4, -0.2) is 16.1 Å². The Bertz CT molecular complexity index is 868. The maximum atomic E-state index is 12.3. The van der Waals surface area contributed by atoms with Gasteiger partial charge in [-0.05, 0) is 25.0 Å². The van der Waals surface area contributed by atoms with E-state index in [2.05, 4.69) is 41.5 Å². The van der Waals surface area contributed by atoms with Crippen LogP contribution in [-0.2, 0) is 10.2 Å². The highest BCUT2D eigenvalue weighted by atomic mass is 35.5. The first-order valence-corrected chi connectivity index (χ1v) is 9.28. The molecule has 3 rings (SSSR count). The monoisotopic (exact) mass is 402 g/mol. The molecule has 5 nitrogen and oxygen atoms in total. The molecule has 0 fully saturated rings. The van der Waals surface area contributed by atoms with Gasteiger partial charge in [0.2, 0.25) is 11.0 Å². The average Bonchev–Trinajstić information content (AvgIpc) is 3.12. The molecule has 1 unspecified atom stereocenters. The molecule has 3 aromatic rings. The molecule has 1 heterocycles. The number of halogens is 1. The highest BCUT2D eigenvalue weighted by molar-refractivity contribution is 7.15. The topological polar surface area (TPSA) is 80.9 Å². The van der Waals surface area contributed by atoms with Crippen LogP contribution in [0.25, 0.3) is 0 Å². The number of hydrogen-bond donors (Lipinski definition) is 2. The number of amides is 1. The van der Waals surface area contributed by atoms with Crippen LogP contribution in [0, 0.1) is 0 Å². The second kappa shape index (κ2) is 9.08. The minimum Gasteiger partial charge on any atom is -0.324 e. The van der Waals surface area contributed by atoms with Crippen LogP contribution in [0.3, 0.4) is 0 Å². The van der Waals surface area contributed by atoms with Crippen molar-refractivity contribution in [3.8, 4) is 0 Å². The number of carbonyl (C=O) groups excluding carboxylic acids is 1. The van der Waals surface area contributed by atoms with Gasteiger partial charge >= 0.3 is 0 Å². The molecule has 0 saturated heterocycles. The van der Waals surface area contributed by atoms with Gasteiger partial charge in [-0.25, -0.2) is 0 Å². The SMILES string of the molecule is CC(C)(c1ccccc1)c1nnc(NC(=O)CC(N)c2ccccc2)s1.Cl. The van der Waals surface area contributed by atoms with Crippen LogP contribution in [0.15, 0.2) is 60.7 Å². The van der Waals surface area contributed by atoms with Crippen molar-refractivity contribution in [2.75, 3.05) is 5.32 Å². The first-order valence-electron chi connectivity index (χ1n) is 8.46. The Morgan fingerprint density at radius 2 is 1.67 bits per heavy atom. The van der Waals surface area contributed by atoms with Crippen molar-refractivity contribution < 1.29 is 4.79 Å². The van der Waals surface area contributed by atoms with Crippen molar-refractivity contribution in [2.45, 2.75) is 31.7 Å². The fourth-order valence-corrected chi connectivity index (χ4v) is 3.58. The third-order valence-corrected chi connectivity index (χ3v) is 5.50. The van der Waals surface area contributed by atoms with Crippen LogP contribution < -0.4 is 11.1 Å². The first-order chi connectivity index (χ1) is 12.5. The molecule has 1 amide bonds. The van der Waals surface area contributed by atoms with Crippen molar-refractivity contribution in [1.29, 1.82) is 0 Å². The van der Waals surface area contributed by atoms with Gasteiger partial charge in [0, 0.05) is 17.9 Å². The van der Waals surface area contributed by atoms with E-state index in [0.29, 0.717) is 5.13 Å². The molecule has 0 spiro atoms. The molecule has 27 heavy (non-hydrogen) atoms. The fourth-order valence-electron chi connectivity index (χ4n) is 2.69. The smallest absolute Gasteiger partial charge is 0.228 e.